The lowest BCUT2D eigenvalue weighted by Gasteiger charge is -2.32. The van der Waals surface area contributed by atoms with Gasteiger partial charge in [-0.05, 0) is 38.0 Å². The van der Waals surface area contributed by atoms with Crippen molar-refractivity contribution < 1.29 is 4.79 Å². The molecule has 0 bridgehead atoms. The third-order valence-corrected chi connectivity index (χ3v) is 7.04. The number of nitrogens with one attached hydrogen (secondary N) is 1. The SMILES string of the molecule is CC(C)n1nc(SCC(=O)Nc2ccccc2)n2c(=O)c3c(nc12)-c1ccccc1CC3(C)C. The van der Waals surface area contributed by atoms with Gasteiger partial charge in [-0.1, -0.05) is 68.1 Å². The van der Waals surface area contributed by atoms with E-state index in [0.717, 1.165) is 23.4 Å². The number of amides is 1. The van der Waals surface area contributed by atoms with E-state index in [1.807, 2.05) is 62.4 Å². The molecule has 2 aromatic carbocycles. The normalized spacial score (nSPS) is 14.1. The van der Waals surface area contributed by atoms with Gasteiger partial charge >= 0.3 is 0 Å². The summed E-state index contributed by atoms with van der Waals surface area (Å²) in [4.78, 5) is 31.5. The maximum absolute atomic E-state index is 13.9. The average molecular weight is 474 g/mol. The number of aromatic nitrogens is 4. The van der Waals surface area contributed by atoms with Gasteiger partial charge in [0.2, 0.25) is 11.7 Å². The Labute approximate surface area is 202 Å². The van der Waals surface area contributed by atoms with Crippen LogP contribution in [0.5, 0.6) is 0 Å². The van der Waals surface area contributed by atoms with Crippen LogP contribution in [0.3, 0.4) is 0 Å². The molecule has 0 atom stereocenters. The third-order valence-electron chi connectivity index (χ3n) is 6.12. The molecule has 1 aliphatic rings. The van der Waals surface area contributed by atoms with Crippen LogP contribution in [0.15, 0.2) is 64.5 Å². The molecule has 174 valence electrons. The van der Waals surface area contributed by atoms with Gasteiger partial charge in [-0.25, -0.2) is 14.1 Å². The number of fused-ring (bicyclic) bond motifs is 4. The number of anilines is 1. The lowest BCUT2D eigenvalue weighted by molar-refractivity contribution is -0.113. The molecule has 2 aromatic heterocycles. The molecule has 1 N–H and O–H groups in total. The molecule has 0 aliphatic heterocycles. The second-order valence-electron chi connectivity index (χ2n) is 9.52. The summed E-state index contributed by atoms with van der Waals surface area (Å²) in [5, 5.41) is 8.06. The van der Waals surface area contributed by atoms with E-state index in [4.69, 9.17) is 10.1 Å². The van der Waals surface area contributed by atoms with E-state index in [1.165, 1.54) is 17.3 Å². The lowest BCUT2D eigenvalue weighted by Crippen LogP contribution is -2.36. The van der Waals surface area contributed by atoms with Crippen LogP contribution in [0.1, 0.15) is 44.9 Å². The summed E-state index contributed by atoms with van der Waals surface area (Å²) in [5.74, 6) is 0.475. The zero-order valence-corrected chi connectivity index (χ0v) is 20.5. The molecule has 7 nitrogen and oxygen atoms in total. The van der Waals surface area contributed by atoms with Crippen molar-refractivity contribution in [3.63, 3.8) is 0 Å². The monoisotopic (exact) mass is 473 g/mol. The smallest absolute Gasteiger partial charge is 0.265 e. The molecule has 4 aromatic rings. The number of hydrogen-bond acceptors (Lipinski definition) is 5. The molecular formula is C26H27N5O2S. The number of rotatable bonds is 5. The zero-order chi connectivity index (χ0) is 24.0. The highest BCUT2D eigenvalue weighted by atomic mass is 32.2. The van der Waals surface area contributed by atoms with Crippen molar-refractivity contribution in [2.75, 3.05) is 11.1 Å². The maximum Gasteiger partial charge on any atom is 0.265 e. The van der Waals surface area contributed by atoms with Gasteiger partial charge in [0.1, 0.15) is 0 Å². The van der Waals surface area contributed by atoms with Gasteiger partial charge in [0.25, 0.3) is 5.56 Å². The van der Waals surface area contributed by atoms with E-state index in [1.54, 1.807) is 9.08 Å². The summed E-state index contributed by atoms with van der Waals surface area (Å²) in [7, 11) is 0. The van der Waals surface area contributed by atoms with E-state index in [2.05, 4.69) is 25.2 Å². The van der Waals surface area contributed by atoms with Crippen molar-refractivity contribution in [1.29, 1.82) is 0 Å². The minimum atomic E-state index is -0.374. The number of thioether (sulfide) groups is 1. The van der Waals surface area contributed by atoms with Gasteiger partial charge in [-0.3, -0.25) is 9.59 Å². The summed E-state index contributed by atoms with van der Waals surface area (Å²) in [5.41, 5.74) is 3.88. The molecule has 0 saturated carbocycles. The zero-order valence-electron chi connectivity index (χ0n) is 19.7. The quantitative estimate of drug-likeness (QED) is 0.425. The Morgan fingerprint density at radius 2 is 1.82 bits per heavy atom. The molecule has 1 amide bonds. The second kappa shape index (κ2) is 8.43. The highest BCUT2D eigenvalue weighted by Gasteiger charge is 2.36. The fourth-order valence-corrected chi connectivity index (χ4v) is 5.35. The van der Waals surface area contributed by atoms with Crippen molar-refractivity contribution >= 4 is 29.1 Å². The highest BCUT2D eigenvalue weighted by Crippen LogP contribution is 2.40. The fourth-order valence-electron chi connectivity index (χ4n) is 4.58. The van der Waals surface area contributed by atoms with Crippen LogP contribution in [0.4, 0.5) is 5.69 Å². The number of hydrogen-bond donors (Lipinski definition) is 1. The largest absolute Gasteiger partial charge is 0.325 e. The molecule has 0 unspecified atom stereocenters. The number of benzene rings is 2. The van der Waals surface area contributed by atoms with Gasteiger partial charge in [0.05, 0.1) is 23.1 Å². The van der Waals surface area contributed by atoms with Crippen LogP contribution in [0, 0.1) is 0 Å². The van der Waals surface area contributed by atoms with Gasteiger partial charge in [-0.2, -0.15) is 0 Å². The minimum Gasteiger partial charge on any atom is -0.325 e. The Morgan fingerprint density at radius 3 is 2.56 bits per heavy atom. The molecule has 0 spiro atoms. The molecule has 0 saturated heterocycles. The van der Waals surface area contributed by atoms with Gasteiger partial charge in [0, 0.05) is 16.7 Å². The Balaban J connectivity index is 1.60. The predicted molar refractivity (Wildman–Crippen MR) is 136 cm³/mol. The molecule has 0 fully saturated rings. The van der Waals surface area contributed by atoms with Crippen LogP contribution in [-0.2, 0) is 16.6 Å². The minimum absolute atomic E-state index is 0.000658. The third kappa shape index (κ3) is 3.81. The number of nitrogens with zero attached hydrogens (tertiary/aromatic N) is 4. The van der Waals surface area contributed by atoms with Crippen molar-refractivity contribution in [1.82, 2.24) is 19.2 Å². The van der Waals surface area contributed by atoms with Gasteiger partial charge in [-0.15, -0.1) is 5.10 Å². The second-order valence-corrected chi connectivity index (χ2v) is 10.5. The molecule has 34 heavy (non-hydrogen) atoms. The lowest BCUT2D eigenvalue weighted by atomic mass is 9.72. The molecule has 0 radical (unpaired) electrons. The Morgan fingerprint density at radius 1 is 1.12 bits per heavy atom. The first kappa shape index (κ1) is 22.4. The maximum atomic E-state index is 13.9. The Bertz CT molecular complexity index is 1450. The van der Waals surface area contributed by atoms with E-state index in [-0.39, 0.29) is 28.7 Å². The predicted octanol–water partition coefficient (Wildman–Crippen LogP) is 4.70. The van der Waals surface area contributed by atoms with Crippen molar-refractivity contribution in [2.24, 2.45) is 0 Å². The van der Waals surface area contributed by atoms with Crippen molar-refractivity contribution in [3.05, 3.63) is 76.1 Å². The summed E-state index contributed by atoms with van der Waals surface area (Å²) in [6.07, 6.45) is 0.763. The summed E-state index contributed by atoms with van der Waals surface area (Å²) < 4.78 is 3.35. The van der Waals surface area contributed by atoms with Gasteiger partial charge in [0.15, 0.2) is 5.16 Å². The number of para-hydroxylation sites is 1. The number of carbonyl (C=O) groups excluding carboxylic acids is 1. The summed E-state index contributed by atoms with van der Waals surface area (Å²) in [6.45, 7) is 8.19. The van der Waals surface area contributed by atoms with E-state index in [0.29, 0.717) is 16.5 Å². The summed E-state index contributed by atoms with van der Waals surface area (Å²) in [6, 6.07) is 17.5. The molecule has 1 aliphatic carbocycles. The van der Waals surface area contributed by atoms with E-state index >= 15 is 0 Å². The highest BCUT2D eigenvalue weighted by molar-refractivity contribution is 7.99. The first-order chi connectivity index (χ1) is 16.3. The van der Waals surface area contributed by atoms with E-state index in [9.17, 15) is 9.59 Å². The molecule has 5 rings (SSSR count). The van der Waals surface area contributed by atoms with Crippen molar-refractivity contribution in [3.8, 4) is 11.3 Å². The van der Waals surface area contributed by atoms with Crippen molar-refractivity contribution in [2.45, 2.75) is 50.7 Å². The first-order valence-electron chi connectivity index (χ1n) is 11.4. The van der Waals surface area contributed by atoms with Gasteiger partial charge < -0.3 is 5.32 Å². The van der Waals surface area contributed by atoms with E-state index < -0.39 is 0 Å². The van der Waals surface area contributed by atoms with Crippen LogP contribution in [-0.4, -0.2) is 30.8 Å². The topological polar surface area (TPSA) is 81.3 Å². The first-order valence-corrected chi connectivity index (χ1v) is 12.4. The number of carbonyl (C=O) groups is 1. The van der Waals surface area contributed by atoms with Crippen LogP contribution in [0.25, 0.3) is 17.0 Å². The van der Waals surface area contributed by atoms with Crippen LogP contribution < -0.4 is 10.9 Å². The molecule has 8 heteroatoms. The van der Waals surface area contributed by atoms with Crippen LogP contribution in [0.2, 0.25) is 0 Å². The molecular weight excluding hydrogens is 446 g/mol. The average Bonchev–Trinajstić information content (AvgIpc) is 3.17. The molecule has 2 heterocycles. The van der Waals surface area contributed by atoms with Crippen LogP contribution >= 0.6 is 11.8 Å². The fraction of sp³-hybridized carbons (Fsp3) is 0.308. The summed E-state index contributed by atoms with van der Waals surface area (Å²) >= 11 is 1.25. The Hall–Kier alpha value is -3.39. The Kier molecular flexibility index (Phi) is 5.56. The standard InChI is InChI=1S/C26H27N5O2S/c1-16(2)31-24-28-22-19-13-9-8-10-17(19)14-26(3,4)21(22)23(33)30(24)25(29-31)34-15-20(32)27-18-11-6-5-7-12-18/h5-13,16H,14-15H2,1-4H3,(H,27,32).